The van der Waals surface area contributed by atoms with Crippen molar-refractivity contribution in [2.24, 2.45) is 0 Å². The fourth-order valence-corrected chi connectivity index (χ4v) is 5.05. The smallest absolute Gasteiger partial charge is 0.414 e. The van der Waals surface area contributed by atoms with Crippen LogP contribution >= 0.6 is 11.8 Å². The number of benzene rings is 3. The van der Waals surface area contributed by atoms with Crippen LogP contribution < -0.4 is 5.32 Å². The zero-order valence-electron chi connectivity index (χ0n) is 18.7. The molecule has 3 aromatic rings. The molecule has 0 saturated heterocycles. The molecule has 0 aromatic heterocycles. The van der Waals surface area contributed by atoms with E-state index in [-0.39, 0.29) is 12.3 Å². The molecule has 0 atom stereocenters. The zero-order chi connectivity index (χ0) is 23.0. The van der Waals surface area contributed by atoms with E-state index >= 15 is 0 Å². The van der Waals surface area contributed by atoms with Gasteiger partial charge in [0.1, 0.15) is 5.60 Å². The molecule has 166 valence electrons. The molecule has 2 amide bonds. The van der Waals surface area contributed by atoms with Gasteiger partial charge in [0.05, 0.1) is 4.75 Å². The summed E-state index contributed by atoms with van der Waals surface area (Å²) in [6.07, 6.45) is -0.522. The first-order valence-corrected chi connectivity index (χ1v) is 11.6. The first kappa shape index (κ1) is 23.6. The molecular weight excluding hydrogens is 418 g/mol. The van der Waals surface area contributed by atoms with E-state index in [1.54, 1.807) is 32.5 Å². The minimum atomic E-state index is -0.715. The van der Waals surface area contributed by atoms with Crippen LogP contribution in [0, 0.1) is 0 Å². The lowest BCUT2D eigenvalue weighted by atomic mass is 9.84. The van der Waals surface area contributed by atoms with Crippen molar-refractivity contribution in [3.63, 3.8) is 0 Å². The quantitative estimate of drug-likeness (QED) is 0.441. The topological polar surface area (TPSA) is 55.4 Å². The van der Waals surface area contributed by atoms with Crippen LogP contribution in [-0.2, 0) is 14.3 Å². The van der Waals surface area contributed by atoms with Gasteiger partial charge >= 0.3 is 6.09 Å². The molecule has 0 radical (unpaired) electrons. The summed E-state index contributed by atoms with van der Waals surface area (Å²) in [5, 5.41) is 2.33. The van der Waals surface area contributed by atoms with Gasteiger partial charge in [0.15, 0.2) is 0 Å². The number of carbonyl (C=O) groups excluding carboxylic acids is 2. The maximum atomic E-state index is 12.4. The first-order chi connectivity index (χ1) is 15.3. The van der Waals surface area contributed by atoms with Gasteiger partial charge in [-0.2, -0.15) is 0 Å². The maximum absolute atomic E-state index is 12.4. The largest absolute Gasteiger partial charge is 0.444 e. The third-order valence-corrected chi connectivity index (χ3v) is 6.38. The minimum absolute atomic E-state index is 0.193. The molecular formula is C27H29NO3S. The van der Waals surface area contributed by atoms with Crippen LogP contribution in [0.2, 0.25) is 0 Å². The predicted octanol–water partition coefficient (Wildman–Crippen LogP) is 6.15. The van der Waals surface area contributed by atoms with Crippen molar-refractivity contribution < 1.29 is 14.3 Å². The zero-order valence-corrected chi connectivity index (χ0v) is 19.5. The summed E-state index contributed by atoms with van der Waals surface area (Å²) >= 11 is 1.68. The number of hydrogen-bond donors (Lipinski definition) is 1. The summed E-state index contributed by atoms with van der Waals surface area (Å²) < 4.78 is 4.70. The van der Waals surface area contributed by atoms with Gasteiger partial charge in [-0.1, -0.05) is 91.0 Å². The summed E-state index contributed by atoms with van der Waals surface area (Å²) in [5.74, 6) is 0.169. The van der Waals surface area contributed by atoms with Crippen LogP contribution in [0.25, 0.3) is 0 Å². The molecule has 3 rings (SSSR count). The van der Waals surface area contributed by atoms with Gasteiger partial charge in [0.2, 0.25) is 5.91 Å². The van der Waals surface area contributed by atoms with Gasteiger partial charge in [-0.3, -0.25) is 10.1 Å². The third-order valence-electron chi connectivity index (χ3n) is 4.83. The monoisotopic (exact) mass is 447 g/mol. The van der Waals surface area contributed by atoms with Crippen molar-refractivity contribution in [2.75, 3.05) is 5.75 Å². The van der Waals surface area contributed by atoms with Crippen LogP contribution in [0.5, 0.6) is 0 Å². The van der Waals surface area contributed by atoms with Crippen molar-refractivity contribution >= 4 is 23.8 Å². The van der Waals surface area contributed by atoms with Gasteiger partial charge in [-0.25, -0.2) is 4.79 Å². The number of amides is 2. The average Bonchev–Trinajstić information content (AvgIpc) is 2.77. The number of nitrogens with one attached hydrogen (secondary N) is 1. The van der Waals surface area contributed by atoms with Crippen LogP contribution in [0.4, 0.5) is 4.79 Å². The van der Waals surface area contributed by atoms with E-state index in [4.69, 9.17) is 4.74 Å². The highest BCUT2D eigenvalue weighted by atomic mass is 32.2. The second-order valence-electron chi connectivity index (χ2n) is 8.43. The van der Waals surface area contributed by atoms with E-state index < -0.39 is 16.4 Å². The van der Waals surface area contributed by atoms with E-state index in [0.29, 0.717) is 5.75 Å². The second-order valence-corrected chi connectivity index (χ2v) is 9.74. The molecule has 4 nitrogen and oxygen atoms in total. The summed E-state index contributed by atoms with van der Waals surface area (Å²) in [6, 6.07) is 30.9. The van der Waals surface area contributed by atoms with E-state index in [0.717, 1.165) is 16.7 Å². The van der Waals surface area contributed by atoms with Crippen LogP contribution in [-0.4, -0.2) is 23.4 Å². The molecule has 0 unspecified atom stereocenters. The molecule has 0 heterocycles. The Bertz CT molecular complexity index is 918. The highest BCUT2D eigenvalue weighted by Crippen LogP contribution is 2.48. The normalized spacial score (nSPS) is 11.6. The number of carbonyl (C=O) groups is 2. The number of thioether (sulfide) groups is 1. The number of ether oxygens (including phenoxy) is 1. The molecule has 0 aliphatic carbocycles. The summed E-state index contributed by atoms with van der Waals surface area (Å²) in [5.41, 5.74) is 2.75. The van der Waals surface area contributed by atoms with E-state index in [1.165, 1.54) is 0 Å². The Labute approximate surface area is 194 Å². The number of alkyl carbamates (subject to hydrolysis) is 1. The van der Waals surface area contributed by atoms with Gasteiger partial charge < -0.3 is 4.74 Å². The molecule has 32 heavy (non-hydrogen) atoms. The van der Waals surface area contributed by atoms with Crippen molar-refractivity contribution in [3.05, 3.63) is 108 Å². The number of imide groups is 1. The summed E-state index contributed by atoms with van der Waals surface area (Å²) in [6.45, 7) is 5.29. The second kappa shape index (κ2) is 10.5. The van der Waals surface area contributed by atoms with Crippen LogP contribution in [0.1, 0.15) is 43.9 Å². The van der Waals surface area contributed by atoms with E-state index in [9.17, 15) is 9.59 Å². The molecule has 0 aliphatic rings. The summed E-state index contributed by atoms with van der Waals surface area (Å²) in [4.78, 5) is 24.3. The number of hydrogen-bond acceptors (Lipinski definition) is 4. The molecule has 0 saturated carbocycles. The molecule has 0 fully saturated rings. The molecule has 5 heteroatoms. The van der Waals surface area contributed by atoms with Gasteiger partial charge in [-0.05, 0) is 37.5 Å². The van der Waals surface area contributed by atoms with Crippen LogP contribution in [0.15, 0.2) is 91.0 Å². The predicted molar refractivity (Wildman–Crippen MR) is 131 cm³/mol. The standard InChI is InChI=1S/C27H29NO3S/c1-26(2,3)31-25(30)28-24(29)19-20-32-27(21-13-7-4-8-14-21,22-15-9-5-10-16-22)23-17-11-6-12-18-23/h4-18H,19-20H2,1-3H3,(H,28,29,30). The van der Waals surface area contributed by atoms with Gasteiger partial charge in [-0.15, -0.1) is 11.8 Å². The molecule has 0 aliphatic heterocycles. The molecule has 0 spiro atoms. The lowest BCUT2D eigenvalue weighted by Crippen LogP contribution is -2.36. The number of rotatable bonds is 7. The molecule has 3 aromatic carbocycles. The highest BCUT2D eigenvalue weighted by Gasteiger charge is 2.36. The Morgan fingerprint density at radius 3 is 1.53 bits per heavy atom. The lowest BCUT2D eigenvalue weighted by Gasteiger charge is -2.35. The Morgan fingerprint density at radius 1 is 0.750 bits per heavy atom. The lowest BCUT2D eigenvalue weighted by molar-refractivity contribution is -0.120. The maximum Gasteiger partial charge on any atom is 0.414 e. The Balaban J connectivity index is 1.87. The fourth-order valence-electron chi connectivity index (χ4n) is 3.55. The fraction of sp³-hybridized carbons (Fsp3) is 0.259. The van der Waals surface area contributed by atoms with E-state index in [2.05, 4.69) is 41.7 Å². The van der Waals surface area contributed by atoms with Crippen molar-refractivity contribution in [3.8, 4) is 0 Å². The average molecular weight is 448 g/mol. The van der Waals surface area contributed by atoms with Gasteiger partial charge in [0, 0.05) is 12.2 Å². The van der Waals surface area contributed by atoms with Crippen molar-refractivity contribution in [2.45, 2.75) is 37.5 Å². The van der Waals surface area contributed by atoms with Gasteiger partial charge in [0.25, 0.3) is 0 Å². The molecule has 0 bridgehead atoms. The minimum Gasteiger partial charge on any atom is -0.444 e. The van der Waals surface area contributed by atoms with Crippen LogP contribution in [0.3, 0.4) is 0 Å². The SMILES string of the molecule is CC(C)(C)OC(=O)NC(=O)CCSC(c1ccccc1)(c1ccccc1)c1ccccc1. The highest BCUT2D eigenvalue weighted by molar-refractivity contribution is 8.00. The third kappa shape index (κ3) is 6.01. The first-order valence-electron chi connectivity index (χ1n) is 10.6. The molecule has 1 N–H and O–H groups in total. The summed E-state index contributed by atoms with van der Waals surface area (Å²) in [7, 11) is 0. The van der Waals surface area contributed by atoms with Crippen molar-refractivity contribution in [1.29, 1.82) is 0 Å². The van der Waals surface area contributed by atoms with Crippen molar-refractivity contribution in [1.82, 2.24) is 5.32 Å². The Hall–Kier alpha value is -3.05. The van der Waals surface area contributed by atoms with E-state index in [1.807, 2.05) is 54.6 Å². The Morgan fingerprint density at radius 2 is 1.16 bits per heavy atom. The Kier molecular flexibility index (Phi) is 7.75.